The molecule has 2 rings (SSSR count). The van der Waals surface area contributed by atoms with Crippen LogP contribution in [-0.4, -0.2) is 66.6 Å². The lowest BCUT2D eigenvalue weighted by Crippen LogP contribution is -2.48. The highest BCUT2D eigenvalue weighted by molar-refractivity contribution is 5.75. The number of esters is 1. The maximum Gasteiger partial charge on any atom is 0.320 e. The molecule has 8 nitrogen and oxygen atoms in total. The molecule has 35 heavy (non-hydrogen) atoms. The number of carboxylic acids is 1. The van der Waals surface area contributed by atoms with Crippen LogP contribution in [0.2, 0.25) is 0 Å². The van der Waals surface area contributed by atoms with Crippen LogP contribution >= 0.6 is 0 Å². The summed E-state index contributed by atoms with van der Waals surface area (Å²) in [7, 11) is 2.17. The molecular formula is C27H43N3O5. The van der Waals surface area contributed by atoms with Crippen LogP contribution in [-0.2, 0) is 19.8 Å². The van der Waals surface area contributed by atoms with E-state index in [-0.39, 0.29) is 42.2 Å². The Hall–Kier alpha value is -2.45. The standard InChI is InChI=1S/C27H43N3O5/c1-6-27(14-7-8-15-30(5)18-27)21-10-9-11-23(16-21)35-24(32)13-12-22(29-20(4)31)17-28-25(19(2)3)26(33)34/h9-11,16,19,22,25,28H,6-8,12-15,17-18H2,1-5H3,(H,29,31)(H,33,34). The molecule has 0 radical (unpaired) electrons. The molecule has 8 heteroatoms. The first-order chi connectivity index (χ1) is 16.6. The van der Waals surface area contributed by atoms with Crippen LogP contribution in [0.15, 0.2) is 24.3 Å². The number of hydrogen-bond donors (Lipinski definition) is 3. The zero-order chi connectivity index (χ0) is 26.0. The second-order valence-electron chi connectivity index (χ2n) is 10.2. The number of rotatable bonds is 12. The molecule has 3 atom stereocenters. The fraction of sp³-hybridized carbons (Fsp3) is 0.667. The normalized spacial score (nSPS) is 20.6. The number of carboxylic acid groups (broad SMARTS) is 1. The molecule has 1 aromatic carbocycles. The Kier molecular flexibility index (Phi) is 11.2. The van der Waals surface area contributed by atoms with E-state index in [9.17, 15) is 19.5 Å². The Balaban J connectivity index is 2.01. The van der Waals surface area contributed by atoms with Crippen LogP contribution < -0.4 is 15.4 Å². The first-order valence-electron chi connectivity index (χ1n) is 12.8. The predicted molar refractivity (Wildman–Crippen MR) is 136 cm³/mol. The van der Waals surface area contributed by atoms with Gasteiger partial charge in [-0.2, -0.15) is 0 Å². The van der Waals surface area contributed by atoms with Crippen molar-refractivity contribution < 1.29 is 24.2 Å². The van der Waals surface area contributed by atoms with Crippen molar-refractivity contribution in [3.8, 4) is 5.75 Å². The van der Waals surface area contributed by atoms with Gasteiger partial charge in [-0.1, -0.05) is 39.3 Å². The number of likely N-dealkylation sites (N-methyl/N-ethyl adjacent to an activating group) is 1. The summed E-state index contributed by atoms with van der Waals surface area (Å²) in [4.78, 5) is 38.1. The second kappa shape index (κ2) is 13.6. The molecule has 0 bridgehead atoms. The summed E-state index contributed by atoms with van der Waals surface area (Å²) in [6.07, 6.45) is 4.97. The molecule has 3 N–H and O–H groups in total. The summed E-state index contributed by atoms with van der Waals surface area (Å²) >= 11 is 0. The minimum absolute atomic E-state index is 0.0485. The number of aliphatic carboxylic acids is 1. The van der Waals surface area contributed by atoms with Gasteiger partial charge in [0.15, 0.2) is 0 Å². The van der Waals surface area contributed by atoms with E-state index in [1.54, 1.807) is 6.07 Å². The van der Waals surface area contributed by atoms with E-state index >= 15 is 0 Å². The average Bonchev–Trinajstić information content (AvgIpc) is 2.98. The number of likely N-dealkylation sites (tertiary alicyclic amines) is 1. The molecule has 1 saturated heterocycles. The van der Waals surface area contributed by atoms with Crippen LogP contribution in [0.5, 0.6) is 5.75 Å². The van der Waals surface area contributed by atoms with Gasteiger partial charge in [0.05, 0.1) is 0 Å². The van der Waals surface area contributed by atoms with E-state index in [1.807, 2.05) is 26.0 Å². The molecule has 0 aliphatic carbocycles. The predicted octanol–water partition coefficient (Wildman–Crippen LogP) is 3.34. The summed E-state index contributed by atoms with van der Waals surface area (Å²) < 4.78 is 5.67. The number of nitrogens with one attached hydrogen (secondary N) is 2. The van der Waals surface area contributed by atoms with Gasteiger partial charge in [-0.15, -0.1) is 0 Å². The van der Waals surface area contributed by atoms with Gasteiger partial charge in [-0.05, 0) is 62.9 Å². The lowest BCUT2D eigenvalue weighted by atomic mass is 9.74. The zero-order valence-corrected chi connectivity index (χ0v) is 21.9. The SMILES string of the molecule is CCC1(c2cccc(OC(=O)CCC(CNC(C(=O)O)C(C)C)NC(C)=O)c2)CCCCN(C)C1. The summed E-state index contributed by atoms with van der Waals surface area (Å²) in [5.74, 6) is -1.12. The van der Waals surface area contributed by atoms with Crippen molar-refractivity contribution in [3.63, 3.8) is 0 Å². The Bertz CT molecular complexity index is 859. The Morgan fingerprint density at radius 3 is 2.60 bits per heavy atom. The molecule has 1 fully saturated rings. The monoisotopic (exact) mass is 489 g/mol. The molecular weight excluding hydrogens is 446 g/mol. The highest BCUT2D eigenvalue weighted by Crippen LogP contribution is 2.37. The summed E-state index contributed by atoms with van der Waals surface area (Å²) in [6.45, 7) is 9.61. The van der Waals surface area contributed by atoms with Crippen LogP contribution in [0.1, 0.15) is 71.8 Å². The van der Waals surface area contributed by atoms with Gasteiger partial charge in [0, 0.05) is 37.9 Å². The topological polar surface area (TPSA) is 108 Å². The van der Waals surface area contributed by atoms with Crippen molar-refractivity contribution in [2.24, 2.45) is 5.92 Å². The lowest BCUT2D eigenvalue weighted by Gasteiger charge is -2.35. The van der Waals surface area contributed by atoms with Gasteiger partial charge in [0.2, 0.25) is 5.91 Å². The van der Waals surface area contributed by atoms with Gasteiger partial charge in [-0.3, -0.25) is 14.4 Å². The number of carbonyl (C=O) groups is 3. The second-order valence-corrected chi connectivity index (χ2v) is 10.2. The van der Waals surface area contributed by atoms with Crippen molar-refractivity contribution in [3.05, 3.63) is 29.8 Å². The van der Waals surface area contributed by atoms with Crippen molar-refractivity contribution in [2.75, 3.05) is 26.7 Å². The van der Waals surface area contributed by atoms with Crippen molar-refractivity contribution in [2.45, 2.75) is 83.7 Å². The molecule has 1 aliphatic rings. The van der Waals surface area contributed by atoms with Crippen LogP contribution in [0.25, 0.3) is 0 Å². The van der Waals surface area contributed by atoms with Gasteiger partial charge >= 0.3 is 11.9 Å². The third kappa shape index (κ3) is 8.93. The number of ether oxygens (including phenoxy) is 1. The third-order valence-corrected chi connectivity index (χ3v) is 6.99. The number of hydrogen-bond acceptors (Lipinski definition) is 6. The molecule has 0 spiro atoms. The molecule has 1 heterocycles. The van der Waals surface area contributed by atoms with Gasteiger partial charge < -0.3 is 25.4 Å². The van der Waals surface area contributed by atoms with Gasteiger partial charge in [0.25, 0.3) is 0 Å². The Morgan fingerprint density at radius 1 is 1.23 bits per heavy atom. The zero-order valence-electron chi connectivity index (χ0n) is 21.9. The fourth-order valence-electron chi connectivity index (χ4n) is 5.00. The van der Waals surface area contributed by atoms with Crippen LogP contribution in [0.3, 0.4) is 0 Å². The van der Waals surface area contributed by atoms with E-state index in [1.165, 1.54) is 25.3 Å². The lowest BCUT2D eigenvalue weighted by molar-refractivity contribution is -0.140. The number of amides is 1. The maximum absolute atomic E-state index is 12.6. The molecule has 1 aliphatic heterocycles. The van der Waals surface area contributed by atoms with E-state index in [2.05, 4.69) is 35.6 Å². The molecule has 0 saturated carbocycles. The minimum atomic E-state index is -0.939. The maximum atomic E-state index is 12.6. The first kappa shape index (κ1) is 28.8. The summed E-state index contributed by atoms with van der Waals surface area (Å²) in [5, 5.41) is 15.2. The molecule has 3 unspecified atom stereocenters. The average molecular weight is 490 g/mol. The third-order valence-electron chi connectivity index (χ3n) is 6.99. The van der Waals surface area contributed by atoms with Crippen molar-refractivity contribution in [1.82, 2.24) is 15.5 Å². The number of carbonyl (C=O) groups excluding carboxylic acids is 2. The Labute approximate surface area is 209 Å². The first-order valence-corrected chi connectivity index (χ1v) is 12.8. The minimum Gasteiger partial charge on any atom is -0.480 e. The van der Waals surface area contributed by atoms with Gasteiger partial charge in [-0.25, -0.2) is 0 Å². The molecule has 0 aromatic heterocycles. The number of nitrogens with zero attached hydrogens (tertiary/aromatic N) is 1. The summed E-state index contributed by atoms with van der Waals surface area (Å²) in [5.41, 5.74) is 1.25. The largest absolute Gasteiger partial charge is 0.480 e. The summed E-state index contributed by atoms with van der Waals surface area (Å²) in [6, 6.07) is 6.77. The molecule has 196 valence electrons. The smallest absolute Gasteiger partial charge is 0.320 e. The van der Waals surface area contributed by atoms with E-state index in [0.717, 1.165) is 25.9 Å². The van der Waals surface area contributed by atoms with E-state index in [0.29, 0.717) is 12.2 Å². The molecule has 1 aromatic rings. The van der Waals surface area contributed by atoms with Crippen molar-refractivity contribution >= 4 is 17.8 Å². The number of benzene rings is 1. The quantitative estimate of drug-likeness (QED) is 0.305. The van der Waals surface area contributed by atoms with Crippen molar-refractivity contribution in [1.29, 1.82) is 0 Å². The molecule has 1 amide bonds. The fourth-order valence-corrected chi connectivity index (χ4v) is 5.00. The van der Waals surface area contributed by atoms with E-state index < -0.39 is 12.0 Å². The Morgan fingerprint density at radius 2 is 1.97 bits per heavy atom. The highest BCUT2D eigenvalue weighted by atomic mass is 16.5. The van der Waals surface area contributed by atoms with E-state index in [4.69, 9.17) is 4.74 Å². The van der Waals surface area contributed by atoms with Crippen LogP contribution in [0.4, 0.5) is 0 Å². The highest BCUT2D eigenvalue weighted by Gasteiger charge is 2.33. The van der Waals surface area contributed by atoms with Gasteiger partial charge in [0.1, 0.15) is 11.8 Å². The van der Waals surface area contributed by atoms with Crippen LogP contribution in [0, 0.1) is 5.92 Å².